The van der Waals surface area contributed by atoms with E-state index >= 15 is 0 Å². The minimum absolute atomic E-state index is 0.471. The van der Waals surface area contributed by atoms with Crippen LogP contribution < -0.4 is 4.90 Å². The summed E-state index contributed by atoms with van der Waals surface area (Å²) in [5.74, 6) is -0.922. The molecule has 120 valence electrons. The number of aryl methyl sites for hydroxylation is 1. The third kappa shape index (κ3) is 2.49. The van der Waals surface area contributed by atoms with Gasteiger partial charge >= 0.3 is 5.97 Å². The summed E-state index contributed by atoms with van der Waals surface area (Å²) in [6, 6.07) is 16.9. The molecular weight excluding hydrogens is 290 g/mol. The summed E-state index contributed by atoms with van der Waals surface area (Å²) in [5, 5.41) is 20.6. The fourth-order valence-electron chi connectivity index (χ4n) is 3.73. The van der Waals surface area contributed by atoms with Gasteiger partial charge in [0.1, 0.15) is 6.23 Å². The van der Waals surface area contributed by atoms with Crippen molar-refractivity contribution in [1.82, 2.24) is 0 Å². The number of benzene rings is 2. The van der Waals surface area contributed by atoms with Crippen LogP contribution in [0.5, 0.6) is 0 Å². The molecule has 4 heteroatoms. The van der Waals surface area contributed by atoms with Crippen LogP contribution >= 0.6 is 0 Å². The molecule has 1 aliphatic carbocycles. The van der Waals surface area contributed by atoms with Crippen LogP contribution in [0.4, 0.5) is 5.69 Å². The van der Waals surface area contributed by atoms with E-state index in [0.29, 0.717) is 12.1 Å². The summed E-state index contributed by atoms with van der Waals surface area (Å²) >= 11 is 0. The summed E-state index contributed by atoms with van der Waals surface area (Å²) in [6.07, 6.45) is 1.20. The van der Waals surface area contributed by atoms with Crippen LogP contribution in [0.25, 0.3) is 0 Å². The quantitative estimate of drug-likeness (QED) is 0.852. The summed E-state index contributed by atoms with van der Waals surface area (Å²) in [5.41, 5.74) is 1.29. The predicted molar refractivity (Wildman–Crippen MR) is 89.3 cm³/mol. The highest BCUT2D eigenvalue weighted by molar-refractivity contribution is 5.86. The van der Waals surface area contributed by atoms with E-state index in [1.54, 1.807) is 11.8 Å². The zero-order valence-corrected chi connectivity index (χ0v) is 13.1. The molecule has 3 rings (SSSR count). The number of fused-ring (bicyclic) bond motifs is 1. The van der Waals surface area contributed by atoms with Gasteiger partial charge in [-0.15, -0.1) is 0 Å². The van der Waals surface area contributed by atoms with Gasteiger partial charge in [0, 0.05) is 5.69 Å². The van der Waals surface area contributed by atoms with Crippen LogP contribution in [0.1, 0.15) is 30.9 Å². The van der Waals surface area contributed by atoms with Crippen molar-refractivity contribution >= 4 is 11.7 Å². The number of aliphatic hydroxyl groups is 1. The van der Waals surface area contributed by atoms with Crippen molar-refractivity contribution in [2.75, 3.05) is 4.90 Å². The van der Waals surface area contributed by atoms with E-state index < -0.39 is 17.7 Å². The van der Waals surface area contributed by atoms with Crippen molar-refractivity contribution < 1.29 is 15.0 Å². The minimum Gasteiger partial charge on any atom is -0.479 e. The van der Waals surface area contributed by atoms with Crippen LogP contribution in [0.2, 0.25) is 0 Å². The monoisotopic (exact) mass is 311 g/mol. The lowest BCUT2D eigenvalue weighted by molar-refractivity contribution is -0.145. The van der Waals surface area contributed by atoms with E-state index in [-0.39, 0.29) is 0 Å². The molecule has 0 fully saturated rings. The molecule has 0 heterocycles. The molecular formula is C19H21NO3. The number of aliphatic carboxylic acids is 1. The molecule has 4 nitrogen and oxygen atoms in total. The Morgan fingerprint density at radius 3 is 2.43 bits per heavy atom. The molecule has 2 unspecified atom stereocenters. The van der Waals surface area contributed by atoms with Crippen LogP contribution in [0.15, 0.2) is 54.6 Å². The maximum atomic E-state index is 12.4. The number of para-hydroxylation sites is 1. The summed E-state index contributed by atoms with van der Waals surface area (Å²) in [7, 11) is 0. The molecule has 0 aromatic heterocycles. The van der Waals surface area contributed by atoms with Crippen LogP contribution in [0, 0.1) is 0 Å². The minimum atomic E-state index is -1.25. The van der Waals surface area contributed by atoms with Gasteiger partial charge in [-0.05, 0) is 49.4 Å². The second-order valence-electron chi connectivity index (χ2n) is 6.01. The summed E-state index contributed by atoms with van der Waals surface area (Å²) in [4.78, 5) is 14.0. The molecule has 0 amide bonds. The molecule has 2 aromatic rings. The lowest BCUT2D eigenvalue weighted by Gasteiger charge is -2.47. The molecule has 0 saturated heterocycles. The van der Waals surface area contributed by atoms with Crippen LogP contribution in [-0.4, -0.2) is 22.4 Å². The Labute approximate surface area is 136 Å². The fourth-order valence-corrected chi connectivity index (χ4v) is 3.73. The van der Waals surface area contributed by atoms with E-state index in [0.717, 1.165) is 24.0 Å². The number of carboxylic acid groups (broad SMARTS) is 1. The SMILES string of the molecule is CC(O)N(c1ccccc1)C1(C(=O)O)CCCc2ccccc21. The number of nitrogens with zero attached hydrogens (tertiary/aromatic N) is 1. The highest BCUT2D eigenvalue weighted by Gasteiger charge is 2.50. The smallest absolute Gasteiger partial charge is 0.334 e. The Balaban J connectivity index is 2.24. The third-order valence-corrected chi connectivity index (χ3v) is 4.62. The lowest BCUT2D eigenvalue weighted by atomic mass is 9.74. The highest BCUT2D eigenvalue weighted by Crippen LogP contribution is 2.43. The number of aliphatic hydroxyl groups excluding tert-OH is 1. The van der Waals surface area contributed by atoms with Gasteiger partial charge in [-0.3, -0.25) is 0 Å². The number of rotatable bonds is 4. The van der Waals surface area contributed by atoms with E-state index in [9.17, 15) is 15.0 Å². The zero-order chi connectivity index (χ0) is 16.4. The second kappa shape index (κ2) is 6.05. The molecule has 0 spiro atoms. The Morgan fingerprint density at radius 1 is 1.13 bits per heavy atom. The average molecular weight is 311 g/mol. The van der Waals surface area contributed by atoms with Gasteiger partial charge < -0.3 is 15.1 Å². The Hall–Kier alpha value is -2.33. The largest absolute Gasteiger partial charge is 0.479 e. The molecule has 23 heavy (non-hydrogen) atoms. The van der Waals surface area contributed by atoms with E-state index in [2.05, 4.69) is 0 Å². The van der Waals surface area contributed by atoms with Gasteiger partial charge in [0.25, 0.3) is 0 Å². The van der Waals surface area contributed by atoms with Crippen LogP contribution in [-0.2, 0) is 16.8 Å². The summed E-state index contributed by atoms with van der Waals surface area (Å²) < 4.78 is 0. The zero-order valence-electron chi connectivity index (χ0n) is 13.1. The number of anilines is 1. The van der Waals surface area contributed by atoms with E-state index in [1.807, 2.05) is 54.6 Å². The van der Waals surface area contributed by atoms with Crippen molar-refractivity contribution in [3.63, 3.8) is 0 Å². The summed E-state index contributed by atoms with van der Waals surface area (Å²) in [6.45, 7) is 1.62. The van der Waals surface area contributed by atoms with E-state index in [1.165, 1.54) is 0 Å². The highest BCUT2D eigenvalue weighted by atomic mass is 16.4. The van der Waals surface area contributed by atoms with Crippen molar-refractivity contribution in [3.05, 3.63) is 65.7 Å². The van der Waals surface area contributed by atoms with Crippen molar-refractivity contribution in [2.24, 2.45) is 0 Å². The van der Waals surface area contributed by atoms with Gasteiger partial charge in [0.2, 0.25) is 0 Å². The first kappa shape index (κ1) is 15.6. The molecule has 2 atom stereocenters. The maximum Gasteiger partial charge on any atom is 0.334 e. The first-order valence-corrected chi connectivity index (χ1v) is 7.91. The van der Waals surface area contributed by atoms with Gasteiger partial charge in [-0.1, -0.05) is 42.5 Å². The standard InChI is InChI=1S/C19H21NO3/c1-14(21)20(16-10-3-2-4-11-16)19(18(22)23)13-7-9-15-8-5-6-12-17(15)19/h2-6,8,10-12,14,21H,7,9,13H2,1H3,(H,22,23). The fraction of sp³-hybridized carbons (Fsp3) is 0.316. The van der Waals surface area contributed by atoms with Crippen LogP contribution in [0.3, 0.4) is 0 Å². The molecule has 2 N–H and O–H groups in total. The average Bonchev–Trinajstić information content (AvgIpc) is 2.55. The maximum absolute atomic E-state index is 12.4. The Morgan fingerprint density at radius 2 is 1.78 bits per heavy atom. The first-order valence-electron chi connectivity index (χ1n) is 7.91. The molecule has 0 aliphatic heterocycles. The van der Waals surface area contributed by atoms with Gasteiger partial charge in [-0.25, -0.2) is 4.79 Å². The number of carboxylic acids is 1. The lowest BCUT2D eigenvalue weighted by Crippen LogP contribution is -2.57. The topological polar surface area (TPSA) is 60.8 Å². The number of hydrogen-bond acceptors (Lipinski definition) is 3. The second-order valence-corrected chi connectivity index (χ2v) is 6.01. The van der Waals surface area contributed by atoms with Gasteiger partial charge in [-0.2, -0.15) is 0 Å². The number of carbonyl (C=O) groups is 1. The molecule has 0 bridgehead atoms. The van der Waals surface area contributed by atoms with Crippen molar-refractivity contribution in [1.29, 1.82) is 0 Å². The predicted octanol–water partition coefficient (Wildman–Crippen LogP) is 3.15. The number of hydrogen-bond donors (Lipinski definition) is 2. The van der Waals surface area contributed by atoms with Crippen molar-refractivity contribution in [2.45, 2.75) is 38.0 Å². The first-order chi connectivity index (χ1) is 11.1. The van der Waals surface area contributed by atoms with Crippen molar-refractivity contribution in [3.8, 4) is 0 Å². The Bertz CT molecular complexity index is 699. The van der Waals surface area contributed by atoms with E-state index in [4.69, 9.17) is 0 Å². The molecule has 2 aromatic carbocycles. The molecule has 1 aliphatic rings. The molecule has 0 radical (unpaired) electrons. The van der Waals surface area contributed by atoms with Gasteiger partial charge in [0.05, 0.1) is 0 Å². The normalized spacial score (nSPS) is 21.3. The Kier molecular flexibility index (Phi) is 4.09. The third-order valence-electron chi connectivity index (χ3n) is 4.62. The van der Waals surface area contributed by atoms with Gasteiger partial charge in [0.15, 0.2) is 5.54 Å². The molecule has 0 saturated carbocycles.